The number of rotatable bonds is 10. The van der Waals surface area contributed by atoms with Crippen LogP contribution in [-0.4, -0.2) is 60.6 Å². The third-order valence-corrected chi connectivity index (χ3v) is 4.18. The number of carbonyl (C=O) groups is 4. The number of nitrogens with one attached hydrogen (secondary N) is 2. The van der Waals surface area contributed by atoms with Crippen LogP contribution >= 0.6 is 0 Å². The summed E-state index contributed by atoms with van der Waals surface area (Å²) in [5, 5.41) is 5.33. The lowest BCUT2D eigenvalue weighted by molar-refractivity contribution is -0.141. The summed E-state index contributed by atoms with van der Waals surface area (Å²) in [6, 6.07) is -0.935. The van der Waals surface area contributed by atoms with Gasteiger partial charge in [-0.1, -0.05) is 27.7 Å². The molecular formula is C24H42N2O8. The van der Waals surface area contributed by atoms with E-state index in [9.17, 15) is 19.2 Å². The molecule has 0 aliphatic heterocycles. The number of carbonyl (C=O) groups excluding carboxylic acids is 4. The van der Waals surface area contributed by atoms with Crippen molar-refractivity contribution >= 4 is 24.1 Å². The number of hydrogen-bond donors (Lipinski definition) is 2. The molecule has 0 aliphatic rings. The molecule has 0 fully saturated rings. The van der Waals surface area contributed by atoms with Gasteiger partial charge in [0, 0.05) is 12.2 Å². The molecule has 10 nitrogen and oxygen atoms in total. The number of hydrogen-bond acceptors (Lipinski definition) is 8. The number of esters is 2. The zero-order valence-corrected chi connectivity index (χ0v) is 22.1. The molecule has 0 saturated heterocycles. The van der Waals surface area contributed by atoms with Gasteiger partial charge in [0.05, 0.1) is 12.1 Å². The van der Waals surface area contributed by atoms with E-state index in [4.69, 9.17) is 18.9 Å². The third-order valence-electron chi connectivity index (χ3n) is 4.18. The summed E-state index contributed by atoms with van der Waals surface area (Å²) in [4.78, 5) is 47.9. The molecular weight excluding hydrogens is 444 g/mol. The number of ether oxygens (including phenoxy) is 4. The summed E-state index contributed by atoms with van der Waals surface area (Å²) in [7, 11) is 0. The Morgan fingerprint density at radius 2 is 0.941 bits per heavy atom. The Bertz CT molecular complexity index is 657. The molecule has 0 aromatic rings. The minimum absolute atomic E-state index is 0.0281. The summed E-state index contributed by atoms with van der Waals surface area (Å²) in [6.45, 7) is 17.7. The van der Waals surface area contributed by atoms with Gasteiger partial charge >= 0.3 is 24.1 Å². The molecule has 0 heterocycles. The molecule has 0 bridgehead atoms. The third kappa shape index (κ3) is 15.9. The average molecular weight is 487 g/mol. The van der Waals surface area contributed by atoms with Crippen molar-refractivity contribution in [2.24, 2.45) is 11.8 Å². The van der Waals surface area contributed by atoms with E-state index in [0.717, 1.165) is 12.2 Å². The molecule has 34 heavy (non-hydrogen) atoms. The van der Waals surface area contributed by atoms with Crippen LogP contribution in [0.25, 0.3) is 0 Å². The Labute approximate surface area is 203 Å². The Balaban J connectivity index is 4.64. The van der Waals surface area contributed by atoms with E-state index in [0.29, 0.717) is 0 Å². The van der Waals surface area contributed by atoms with Gasteiger partial charge in [0.2, 0.25) is 0 Å². The van der Waals surface area contributed by atoms with Crippen molar-refractivity contribution < 1.29 is 38.1 Å². The van der Waals surface area contributed by atoms with Crippen molar-refractivity contribution in [1.29, 1.82) is 0 Å². The maximum absolute atomic E-state index is 12.0. The van der Waals surface area contributed by atoms with Gasteiger partial charge in [-0.25, -0.2) is 19.2 Å². The minimum Gasteiger partial charge on any atom is -0.460 e. The molecule has 2 atom stereocenters. The fraction of sp³-hybridized carbons (Fsp3) is 0.750. The van der Waals surface area contributed by atoms with Crippen molar-refractivity contribution in [2.45, 2.75) is 92.5 Å². The largest absolute Gasteiger partial charge is 0.460 e. The minimum atomic E-state index is -0.763. The molecule has 0 radical (unpaired) electrons. The van der Waals surface area contributed by atoms with E-state index in [1.165, 1.54) is 0 Å². The van der Waals surface area contributed by atoms with Crippen LogP contribution in [0.3, 0.4) is 0 Å². The van der Waals surface area contributed by atoms with Gasteiger partial charge in [0.25, 0.3) is 0 Å². The van der Waals surface area contributed by atoms with Crippen molar-refractivity contribution in [3.63, 3.8) is 0 Å². The molecule has 196 valence electrons. The van der Waals surface area contributed by atoms with Crippen LogP contribution in [0.2, 0.25) is 0 Å². The normalized spacial score (nSPS) is 13.9. The molecule has 0 rings (SSSR count). The number of alkyl carbamates (subject to hydrolysis) is 2. The van der Waals surface area contributed by atoms with Crippen molar-refractivity contribution in [1.82, 2.24) is 10.6 Å². The quantitative estimate of drug-likeness (QED) is 0.271. The number of amides is 2. The summed E-state index contributed by atoms with van der Waals surface area (Å²) in [6.07, 6.45) is 0.666. The van der Waals surface area contributed by atoms with Crippen LogP contribution in [0.1, 0.15) is 69.2 Å². The maximum atomic E-state index is 12.0. The molecule has 0 aromatic heterocycles. The van der Waals surface area contributed by atoms with Crippen LogP contribution in [0.15, 0.2) is 12.2 Å². The van der Waals surface area contributed by atoms with Gasteiger partial charge in [-0.2, -0.15) is 0 Å². The van der Waals surface area contributed by atoms with E-state index < -0.39 is 47.4 Å². The van der Waals surface area contributed by atoms with Crippen molar-refractivity contribution in [3.8, 4) is 0 Å². The van der Waals surface area contributed by atoms with Gasteiger partial charge < -0.3 is 29.6 Å². The van der Waals surface area contributed by atoms with Gasteiger partial charge in [-0.3, -0.25) is 0 Å². The summed E-state index contributed by atoms with van der Waals surface area (Å²) >= 11 is 0. The lowest BCUT2D eigenvalue weighted by atomic mass is 10.1. The lowest BCUT2D eigenvalue weighted by Crippen LogP contribution is -2.44. The first-order valence-electron chi connectivity index (χ1n) is 11.4. The van der Waals surface area contributed by atoms with E-state index in [1.54, 1.807) is 41.5 Å². The molecule has 2 N–H and O–H groups in total. The van der Waals surface area contributed by atoms with E-state index >= 15 is 0 Å². The molecule has 0 unspecified atom stereocenters. The van der Waals surface area contributed by atoms with Crippen LogP contribution in [0.4, 0.5) is 9.59 Å². The highest BCUT2D eigenvalue weighted by molar-refractivity contribution is 5.91. The van der Waals surface area contributed by atoms with E-state index in [1.807, 2.05) is 27.7 Å². The molecule has 0 aromatic carbocycles. The Morgan fingerprint density at radius 3 is 1.18 bits per heavy atom. The topological polar surface area (TPSA) is 129 Å². The zero-order valence-electron chi connectivity index (χ0n) is 22.1. The second-order valence-electron chi connectivity index (χ2n) is 10.6. The van der Waals surface area contributed by atoms with Crippen LogP contribution in [-0.2, 0) is 28.5 Å². The highest BCUT2D eigenvalue weighted by Crippen LogP contribution is 2.10. The Hall–Kier alpha value is -2.78. The fourth-order valence-electron chi connectivity index (χ4n) is 2.30. The predicted octanol–water partition coefficient (Wildman–Crippen LogP) is 3.73. The SMILES string of the molecule is CC(C)[C@H](COC(=O)/C=C/C(=O)OC[C@H](NC(=O)OC(C)(C)C)C(C)C)NC(=O)OC(C)(C)C. The van der Waals surface area contributed by atoms with Crippen LogP contribution < -0.4 is 10.6 Å². The second-order valence-corrected chi connectivity index (χ2v) is 10.6. The Kier molecular flexibility index (Phi) is 12.7. The fourth-order valence-corrected chi connectivity index (χ4v) is 2.30. The molecule has 0 spiro atoms. The summed E-state index contributed by atoms with van der Waals surface area (Å²) in [5.74, 6) is -1.58. The second kappa shape index (κ2) is 13.8. The first-order valence-corrected chi connectivity index (χ1v) is 11.4. The molecule has 2 amide bonds. The predicted molar refractivity (Wildman–Crippen MR) is 127 cm³/mol. The standard InChI is InChI=1S/C24H42N2O8/c1-15(2)17(25-21(29)33-23(5,6)7)13-31-19(27)11-12-20(28)32-14-18(16(3)4)26-22(30)34-24(8,9)10/h11-12,15-18H,13-14H2,1-10H3,(H,25,29)(H,26,30)/b12-11+/t17-,18-/m0/s1. The first-order chi connectivity index (χ1) is 15.4. The van der Waals surface area contributed by atoms with Gasteiger partial charge in [0.1, 0.15) is 24.4 Å². The molecule has 0 saturated carbocycles. The van der Waals surface area contributed by atoms with Crippen molar-refractivity contribution in [3.05, 3.63) is 12.2 Å². The van der Waals surface area contributed by atoms with Crippen LogP contribution in [0, 0.1) is 11.8 Å². The highest BCUT2D eigenvalue weighted by atomic mass is 16.6. The van der Waals surface area contributed by atoms with Crippen molar-refractivity contribution in [2.75, 3.05) is 13.2 Å². The molecule has 10 heteroatoms. The van der Waals surface area contributed by atoms with Gasteiger partial charge in [0.15, 0.2) is 0 Å². The highest BCUT2D eigenvalue weighted by Gasteiger charge is 2.24. The smallest absolute Gasteiger partial charge is 0.407 e. The molecule has 0 aliphatic carbocycles. The maximum Gasteiger partial charge on any atom is 0.407 e. The monoisotopic (exact) mass is 486 g/mol. The lowest BCUT2D eigenvalue weighted by Gasteiger charge is -2.25. The van der Waals surface area contributed by atoms with E-state index in [-0.39, 0.29) is 25.0 Å². The van der Waals surface area contributed by atoms with Gasteiger partial charge in [-0.15, -0.1) is 0 Å². The summed E-state index contributed by atoms with van der Waals surface area (Å²) < 4.78 is 20.7. The van der Waals surface area contributed by atoms with E-state index in [2.05, 4.69) is 10.6 Å². The summed E-state index contributed by atoms with van der Waals surface area (Å²) in [5.41, 5.74) is -1.30. The Morgan fingerprint density at radius 1 is 0.647 bits per heavy atom. The zero-order chi connectivity index (χ0) is 26.7. The average Bonchev–Trinajstić information content (AvgIpc) is 2.63. The van der Waals surface area contributed by atoms with Crippen LogP contribution in [0.5, 0.6) is 0 Å². The first kappa shape index (κ1) is 31.2. The van der Waals surface area contributed by atoms with Gasteiger partial charge in [-0.05, 0) is 53.4 Å².